The zero-order valence-electron chi connectivity index (χ0n) is 28.2. The third-order valence-electron chi connectivity index (χ3n) is 10.5. The van der Waals surface area contributed by atoms with Crippen LogP contribution in [0.3, 0.4) is 0 Å². The monoisotopic (exact) mass is 621 g/mol. The first-order chi connectivity index (χ1) is 22.2. The second kappa shape index (κ2) is 14.8. The van der Waals surface area contributed by atoms with Gasteiger partial charge in [-0.3, -0.25) is 14.5 Å². The Bertz CT molecular complexity index is 1560. The fourth-order valence-electron chi connectivity index (χ4n) is 7.44. The quantitative estimate of drug-likeness (QED) is 0.153. The molecule has 244 valence electrons. The second-order valence-corrected chi connectivity index (χ2v) is 13.4. The zero-order chi connectivity index (χ0) is 32.7. The molecule has 0 spiro atoms. The number of amides is 2. The van der Waals surface area contributed by atoms with Crippen LogP contribution in [-0.4, -0.2) is 40.6 Å². The number of aliphatic hydroxyl groups is 1. The molecule has 1 aliphatic carbocycles. The van der Waals surface area contributed by atoms with Crippen molar-refractivity contribution in [3.63, 3.8) is 0 Å². The molecular weight excluding hydrogens is 570 g/mol. The average molecular weight is 622 g/mol. The van der Waals surface area contributed by atoms with Gasteiger partial charge in [0, 0.05) is 17.5 Å². The van der Waals surface area contributed by atoms with Crippen molar-refractivity contribution in [3.8, 4) is 5.75 Å². The molecule has 5 nitrogen and oxygen atoms in total. The molecular formula is C41H51NO4. The molecule has 3 aromatic rings. The lowest BCUT2D eigenvalue weighted by atomic mass is 9.70. The van der Waals surface area contributed by atoms with E-state index in [0.717, 1.165) is 74.7 Å². The predicted molar refractivity (Wildman–Crippen MR) is 186 cm³/mol. The van der Waals surface area contributed by atoms with Crippen LogP contribution in [0.15, 0.2) is 66.7 Å². The zero-order valence-corrected chi connectivity index (χ0v) is 28.2. The summed E-state index contributed by atoms with van der Waals surface area (Å²) in [5, 5.41) is 10.9. The highest BCUT2D eigenvalue weighted by Crippen LogP contribution is 2.41. The summed E-state index contributed by atoms with van der Waals surface area (Å²) in [4.78, 5) is 26.7. The standard InChI is InChI=1S/C41H51NO4/c1-5-41(6-2,34-18-17-32(30(3)27-34)21-24-40(45)22-11-7-12-23-40)35-19-20-37(31(4)28-35)46-26-14-8-13-25-42-38(43)29-33-15-9-10-16-36(33)39(42)44/h9-10,15-21,24,27-28,45H,5-8,11-14,22-23,25-26,29H2,1-4H3/b24-21+. The number of rotatable bonds is 13. The van der Waals surface area contributed by atoms with E-state index in [0.29, 0.717) is 25.1 Å². The molecule has 46 heavy (non-hydrogen) atoms. The molecule has 2 amide bonds. The number of imide groups is 1. The van der Waals surface area contributed by atoms with Crippen molar-refractivity contribution in [1.29, 1.82) is 0 Å². The molecule has 1 heterocycles. The molecule has 5 heteroatoms. The van der Waals surface area contributed by atoms with Gasteiger partial charge in [-0.1, -0.05) is 93.8 Å². The van der Waals surface area contributed by atoms with Gasteiger partial charge in [-0.15, -0.1) is 0 Å². The second-order valence-electron chi connectivity index (χ2n) is 13.4. The lowest BCUT2D eigenvalue weighted by molar-refractivity contribution is -0.128. The van der Waals surface area contributed by atoms with E-state index in [1.54, 1.807) is 0 Å². The lowest BCUT2D eigenvalue weighted by Crippen LogP contribution is -2.42. The fourth-order valence-corrected chi connectivity index (χ4v) is 7.44. The van der Waals surface area contributed by atoms with E-state index in [1.807, 2.05) is 30.3 Å². The summed E-state index contributed by atoms with van der Waals surface area (Å²) in [5.74, 6) is 0.620. The predicted octanol–water partition coefficient (Wildman–Crippen LogP) is 8.89. The van der Waals surface area contributed by atoms with Crippen molar-refractivity contribution in [2.45, 2.75) is 109 Å². The SMILES string of the molecule is CCC(CC)(c1ccc(/C=C/C2(O)CCCCC2)c(C)c1)c1ccc(OCCCCCN2C(=O)Cc3ccccc3C2=O)c(C)c1. The van der Waals surface area contributed by atoms with Gasteiger partial charge in [-0.2, -0.15) is 0 Å². The maximum Gasteiger partial charge on any atom is 0.260 e. The largest absolute Gasteiger partial charge is 0.493 e. The van der Waals surface area contributed by atoms with Crippen molar-refractivity contribution < 1.29 is 19.4 Å². The molecule has 5 rings (SSSR count). The first kappa shape index (κ1) is 33.7. The maximum atomic E-state index is 12.8. The van der Waals surface area contributed by atoms with Crippen LogP contribution in [-0.2, 0) is 16.6 Å². The smallest absolute Gasteiger partial charge is 0.260 e. The minimum absolute atomic E-state index is 0.0955. The van der Waals surface area contributed by atoms with E-state index in [2.05, 4.69) is 70.2 Å². The molecule has 0 saturated heterocycles. The van der Waals surface area contributed by atoms with Crippen LogP contribution in [0.2, 0.25) is 0 Å². The summed E-state index contributed by atoms with van der Waals surface area (Å²) >= 11 is 0. The van der Waals surface area contributed by atoms with Gasteiger partial charge in [0.25, 0.3) is 5.91 Å². The Kier molecular flexibility index (Phi) is 10.8. The van der Waals surface area contributed by atoms with Crippen LogP contribution in [0.5, 0.6) is 5.75 Å². The van der Waals surface area contributed by atoms with Crippen LogP contribution in [0.1, 0.15) is 122 Å². The first-order valence-electron chi connectivity index (χ1n) is 17.4. The van der Waals surface area contributed by atoms with Crippen molar-refractivity contribution in [3.05, 3.63) is 106 Å². The third-order valence-corrected chi connectivity index (χ3v) is 10.5. The van der Waals surface area contributed by atoms with Crippen LogP contribution in [0.4, 0.5) is 0 Å². The minimum atomic E-state index is -0.664. The molecule has 1 aliphatic heterocycles. The molecule has 1 fully saturated rings. The van der Waals surface area contributed by atoms with Crippen LogP contribution >= 0.6 is 0 Å². The van der Waals surface area contributed by atoms with Crippen molar-refractivity contribution >= 4 is 17.9 Å². The number of benzene rings is 3. The number of carbonyl (C=O) groups is 2. The van der Waals surface area contributed by atoms with Gasteiger partial charge in [-0.25, -0.2) is 0 Å². The van der Waals surface area contributed by atoms with Gasteiger partial charge in [0.05, 0.1) is 18.6 Å². The lowest BCUT2D eigenvalue weighted by Gasteiger charge is -2.34. The van der Waals surface area contributed by atoms with E-state index in [4.69, 9.17) is 4.74 Å². The minimum Gasteiger partial charge on any atom is -0.493 e. The van der Waals surface area contributed by atoms with Gasteiger partial charge in [0.1, 0.15) is 5.75 Å². The maximum absolute atomic E-state index is 12.8. The highest BCUT2D eigenvalue weighted by atomic mass is 16.5. The Balaban J connectivity index is 1.17. The van der Waals surface area contributed by atoms with Crippen molar-refractivity contribution in [1.82, 2.24) is 4.90 Å². The Morgan fingerprint density at radius 1 is 0.870 bits per heavy atom. The molecule has 0 aromatic heterocycles. The number of aryl methyl sites for hydroxylation is 2. The van der Waals surface area contributed by atoms with Crippen LogP contribution in [0.25, 0.3) is 6.08 Å². The van der Waals surface area contributed by atoms with Gasteiger partial charge >= 0.3 is 0 Å². The number of hydrogen-bond acceptors (Lipinski definition) is 4. The summed E-state index contributed by atoms with van der Waals surface area (Å²) in [7, 11) is 0. The highest BCUT2D eigenvalue weighted by Gasteiger charge is 2.32. The molecule has 3 aromatic carbocycles. The van der Waals surface area contributed by atoms with Crippen LogP contribution < -0.4 is 4.74 Å². The molecule has 0 atom stereocenters. The van der Waals surface area contributed by atoms with Crippen molar-refractivity contribution in [2.75, 3.05) is 13.2 Å². The molecule has 0 bridgehead atoms. The highest BCUT2D eigenvalue weighted by molar-refractivity contribution is 6.09. The van der Waals surface area contributed by atoms with Gasteiger partial charge < -0.3 is 9.84 Å². The van der Waals surface area contributed by atoms with E-state index in [9.17, 15) is 14.7 Å². The fraction of sp³-hybridized carbons (Fsp3) is 0.463. The Morgan fingerprint density at radius 2 is 1.57 bits per heavy atom. The molecule has 0 unspecified atom stereocenters. The van der Waals surface area contributed by atoms with Gasteiger partial charge in [0.2, 0.25) is 5.91 Å². The number of fused-ring (bicyclic) bond motifs is 1. The Hall–Kier alpha value is -3.70. The number of ether oxygens (including phenoxy) is 1. The summed E-state index contributed by atoms with van der Waals surface area (Å²) in [5.41, 5.74) is 6.87. The van der Waals surface area contributed by atoms with Gasteiger partial charge in [-0.05, 0) is 104 Å². The van der Waals surface area contributed by atoms with Gasteiger partial charge in [0.15, 0.2) is 0 Å². The van der Waals surface area contributed by atoms with E-state index < -0.39 is 5.60 Å². The number of unbranched alkanes of at least 4 members (excludes halogenated alkanes) is 2. The summed E-state index contributed by atoms with van der Waals surface area (Å²) in [6, 6.07) is 20.8. The molecule has 1 N–H and O–H groups in total. The summed E-state index contributed by atoms with van der Waals surface area (Å²) in [6.45, 7) is 9.89. The average Bonchev–Trinajstić information content (AvgIpc) is 3.05. The molecule has 1 saturated carbocycles. The molecule has 2 aliphatic rings. The molecule has 0 radical (unpaired) electrons. The van der Waals surface area contributed by atoms with Crippen LogP contribution in [0, 0.1) is 13.8 Å². The Labute approximate surface area is 275 Å². The third kappa shape index (κ3) is 7.31. The van der Waals surface area contributed by atoms with E-state index in [-0.39, 0.29) is 17.2 Å². The first-order valence-corrected chi connectivity index (χ1v) is 17.4. The topological polar surface area (TPSA) is 66.8 Å². The normalized spacial score (nSPS) is 16.6. The number of hydrogen-bond donors (Lipinski definition) is 1. The Morgan fingerprint density at radius 3 is 2.26 bits per heavy atom. The number of carbonyl (C=O) groups excluding carboxylic acids is 2. The van der Waals surface area contributed by atoms with Crippen molar-refractivity contribution in [2.24, 2.45) is 0 Å². The summed E-state index contributed by atoms with van der Waals surface area (Å²) < 4.78 is 6.20. The van der Waals surface area contributed by atoms with E-state index in [1.165, 1.54) is 33.6 Å². The van der Waals surface area contributed by atoms with E-state index >= 15 is 0 Å². The summed E-state index contributed by atoms with van der Waals surface area (Å²) in [6.07, 6.45) is 14.1. The number of nitrogens with zero attached hydrogens (tertiary/aromatic N) is 1.